The third-order valence-corrected chi connectivity index (χ3v) is 4.09. The van der Waals surface area contributed by atoms with Crippen molar-refractivity contribution in [3.8, 4) is 0 Å². The summed E-state index contributed by atoms with van der Waals surface area (Å²) in [7, 11) is 0. The van der Waals surface area contributed by atoms with E-state index in [1.54, 1.807) is 17.2 Å². The van der Waals surface area contributed by atoms with Crippen LogP contribution in [0.5, 0.6) is 0 Å². The summed E-state index contributed by atoms with van der Waals surface area (Å²) in [5.74, 6) is -0.662. The monoisotopic (exact) mass is 348 g/mol. The molecule has 0 unspecified atom stereocenters. The normalized spacial score (nSPS) is 18.0. The van der Waals surface area contributed by atoms with Gasteiger partial charge in [-0.15, -0.1) is 0 Å². The van der Waals surface area contributed by atoms with Crippen LogP contribution >= 0.6 is 15.9 Å². The van der Waals surface area contributed by atoms with E-state index >= 15 is 0 Å². The van der Waals surface area contributed by atoms with Gasteiger partial charge in [0.2, 0.25) is 11.8 Å². The van der Waals surface area contributed by atoms with Gasteiger partial charge in [-0.3, -0.25) is 14.7 Å². The van der Waals surface area contributed by atoms with Crippen molar-refractivity contribution in [2.24, 2.45) is 5.92 Å². The third kappa shape index (κ3) is 2.69. The Balaban J connectivity index is 1.74. The topological polar surface area (TPSA) is 78.1 Å². The molecule has 2 aromatic rings. The number of hydrogen-bond acceptors (Lipinski definition) is 3. The van der Waals surface area contributed by atoms with E-state index in [2.05, 4.69) is 31.4 Å². The Labute approximate surface area is 129 Å². The molecule has 0 spiro atoms. The molecule has 1 aromatic carbocycles. The van der Waals surface area contributed by atoms with Gasteiger partial charge in [0.05, 0.1) is 11.9 Å². The number of H-pyrrole nitrogens is 1. The molecule has 1 aliphatic rings. The number of aromatic nitrogens is 2. The van der Waals surface area contributed by atoms with E-state index in [0.29, 0.717) is 18.8 Å². The minimum atomic E-state index is -0.666. The van der Waals surface area contributed by atoms with Crippen molar-refractivity contribution in [1.82, 2.24) is 10.2 Å². The van der Waals surface area contributed by atoms with Crippen LogP contribution in [0.25, 0.3) is 0 Å². The maximum absolute atomic E-state index is 12.4. The van der Waals surface area contributed by atoms with Crippen LogP contribution in [0.3, 0.4) is 0 Å². The zero-order valence-electron chi connectivity index (χ0n) is 11.0. The highest BCUT2D eigenvalue weighted by Gasteiger charge is 2.38. The number of nitrogens with zero attached hydrogens (tertiary/aromatic N) is 2. The lowest BCUT2D eigenvalue weighted by molar-refractivity contribution is -0.129. The fourth-order valence-corrected chi connectivity index (χ4v) is 2.88. The molecule has 2 heterocycles. The van der Waals surface area contributed by atoms with Crippen molar-refractivity contribution in [2.75, 3.05) is 16.8 Å². The van der Waals surface area contributed by atoms with Gasteiger partial charge in [0, 0.05) is 17.1 Å². The number of halogens is 1. The minimum absolute atomic E-state index is 0.182. The molecular formula is C14H13BrN4O2. The van der Waals surface area contributed by atoms with Crippen molar-refractivity contribution in [3.05, 3.63) is 41.0 Å². The van der Waals surface area contributed by atoms with E-state index in [4.69, 9.17) is 0 Å². The zero-order valence-corrected chi connectivity index (χ0v) is 12.6. The average molecular weight is 349 g/mol. The van der Waals surface area contributed by atoms with Crippen LogP contribution in [0.15, 0.2) is 41.0 Å². The fourth-order valence-electron chi connectivity index (χ4n) is 2.38. The van der Waals surface area contributed by atoms with Gasteiger partial charge >= 0.3 is 0 Å². The van der Waals surface area contributed by atoms with Crippen LogP contribution in [0.2, 0.25) is 0 Å². The second-order valence-corrected chi connectivity index (χ2v) is 5.60. The lowest BCUT2D eigenvalue weighted by atomic mass is 10.1. The molecule has 1 atom stereocenters. The molecule has 0 aliphatic carbocycles. The van der Waals surface area contributed by atoms with Crippen LogP contribution in [0, 0.1) is 5.92 Å². The van der Waals surface area contributed by atoms with Crippen LogP contribution in [-0.2, 0) is 9.59 Å². The molecule has 21 heavy (non-hydrogen) atoms. The largest absolute Gasteiger partial charge is 0.311 e. The number of para-hydroxylation sites is 1. The molecule has 0 saturated carbocycles. The van der Waals surface area contributed by atoms with Gasteiger partial charge in [0.15, 0.2) is 0 Å². The van der Waals surface area contributed by atoms with Gasteiger partial charge < -0.3 is 10.2 Å². The molecule has 3 rings (SSSR count). The molecule has 2 amide bonds. The number of hydrogen-bond donors (Lipinski definition) is 2. The summed E-state index contributed by atoms with van der Waals surface area (Å²) in [6.07, 6.45) is 2.04. The van der Waals surface area contributed by atoms with Crippen molar-refractivity contribution in [1.29, 1.82) is 0 Å². The third-order valence-electron chi connectivity index (χ3n) is 3.42. The van der Waals surface area contributed by atoms with Gasteiger partial charge in [0.25, 0.3) is 0 Å². The molecule has 1 fully saturated rings. The molecule has 1 aliphatic heterocycles. The quantitative estimate of drug-likeness (QED) is 0.834. The number of amides is 2. The Bertz CT molecular complexity index is 671. The van der Waals surface area contributed by atoms with Crippen molar-refractivity contribution < 1.29 is 9.59 Å². The van der Waals surface area contributed by atoms with Crippen molar-refractivity contribution in [3.63, 3.8) is 0 Å². The highest BCUT2D eigenvalue weighted by Crippen LogP contribution is 2.31. The molecule has 7 heteroatoms. The first-order valence-electron chi connectivity index (χ1n) is 6.53. The van der Waals surface area contributed by atoms with E-state index in [-0.39, 0.29) is 11.8 Å². The Morgan fingerprint density at radius 3 is 2.90 bits per heavy atom. The number of nitrogens with one attached hydrogen (secondary N) is 2. The summed E-state index contributed by atoms with van der Waals surface area (Å²) in [6.45, 7) is 0.530. The van der Waals surface area contributed by atoms with Crippen LogP contribution in [-0.4, -0.2) is 28.6 Å². The number of aromatic amines is 1. The summed E-state index contributed by atoms with van der Waals surface area (Å²) >= 11 is 3.43. The highest BCUT2D eigenvalue weighted by molar-refractivity contribution is 9.10. The predicted molar refractivity (Wildman–Crippen MR) is 81.8 cm³/mol. The number of benzene rings is 1. The molecule has 6 nitrogen and oxygen atoms in total. The SMILES string of the molecule is O=C(Nc1ccn[nH]1)[C@H]1CCN(c2ccccc2Br)C1=O. The number of carbonyl (C=O) groups excluding carboxylic acids is 2. The second-order valence-electron chi connectivity index (χ2n) is 4.74. The second kappa shape index (κ2) is 5.69. The Morgan fingerprint density at radius 2 is 2.19 bits per heavy atom. The van der Waals surface area contributed by atoms with E-state index in [9.17, 15) is 9.59 Å². The first-order valence-corrected chi connectivity index (χ1v) is 7.32. The summed E-state index contributed by atoms with van der Waals surface area (Å²) in [4.78, 5) is 26.3. The highest BCUT2D eigenvalue weighted by atomic mass is 79.9. The summed E-state index contributed by atoms with van der Waals surface area (Å²) < 4.78 is 0.841. The van der Waals surface area contributed by atoms with E-state index < -0.39 is 5.92 Å². The lowest BCUT2D eigenvalue weighted by Gasteiger charge is -2.18. The molecule has 0 radical (unpaired) electrons. The maximum Gasteiger partial charge on any atom is 0.239 e. The predicted octanol–water partition coefficient (Wildman–Crippen LogP) is 2.16. The smallest absolute Gasteiger partial charge is 0.239 e. The van der Waals surface area contributed by atoms with E-state index in [1.807, 2.05) is 24.3 Å². The first kappa shape index (κ1) is 13.8. The van der Waals surface area contributed by atoms with Crippen LogP contribution in [0.4, 0.5) is 11.5 Å². The van der Waals surface area contributed by atoms with Gasteiger partial charge in [-0.05, 0) is 34.5 Å². The summed E-state index contributed by atoms with van der Waals surface area (Å²) in [6, 6.07) is 9.13. The molecule has 1 aromatic heterocycles. The minimum Gasteiger partial charge on any atom is -0.311 e. The Hall–Kier alpha value is -2.15. The standard InChI is InChI=1S/C14H13BrN4O2/c15-10-3-1-2-4-11(10)19-8-6-9(14(19)21)13(20)17-12-5-7-16-18-12/h1-5,7,9H,6,8H2,(H2,16,17,18,20)/t9-/m1/s1. The van der Waals surface area contributed by atoms with E-state index in [0.717, 1.165) is 10.2 Å². The molecule has 0 bridgehead atoms. The van der Waals surface area contributed by atoms with Gasteiger partial charge in [-0.25, -0.2) is 0 Å². The van der Waals surface area contributed by atoms with Crippen LogP contribution < -0.4 is 10.2 Å². The summed E-state index contributed by atoms with van der Waals surface area (Å²) in [5.41, 5.74) is 0.791. The van der Waals surface area contributed by atoms with Gasteiger partial charge in [0.1, 0.15) is 11.7 Å². The first-order chi connectivity index (χ1) is 10.2. The van der Waals surface area contributed by atoms with Gasteiger partial charge in [-0.1, -0.05) is 12.1 Å². The number of carbonyl (C=O) groups is 2. The Kier molecular flexibility index (Phi) is 3.74. The zero-order chi connectivity index (χ0) is 14.8. The van der Waals surface area contributed by atoms with E-state index in [1.165, 1.54) is 0 Å². The molecular weight excluding hydrogens is 336 g/mol. The molecule has 2 N–H and O–H groups in total. The van der Waals surface area contributed by atoms with Crippen LogP contribution in [0.1, 0.15) is 6.42 Å². The number of anilines is 2. The number of rotatable bonds is 3. The molecule has 1 saturated heterocycles. The Morgan fingerprint density at radius 1 is 1.38 bits per heavy atom. The lowest BCUT2D eigenvalue weighted by Crippen LogP contribution is -2.33. The maximum atomic E-state index is 12.4. The van der Waals surface area contributed by atoms with Crippen molar-refractivity contribution in [2.45, 2.75) is 6.42 Å². The molecule has 108 valence electrons. The average Bonchev–Trinajstić information content (AvgIpc) is 3.09. The summed E-state index contributed by atoms with van der Waals surface area (Å²) in [5, 5.41) is 9.06. The van der Waals surface area contributed by atoms with Crippen molar-refractivity contribution >= 4 is 39.2 Å². The van der Waals surface area contributed by atoms with Gasteiger partial charge in [-0.2, -0.15) is 5.10 Å². The fraction of sp³-hybridized carbons (Fsp3) is 0.214.